The van der Waals surface area contributed by atoms with Gasteiger partial charge in [-0.1, -0.05) is 0 Å². The molecule has 0 saturated carbocycles. The van der Waals surface area contributed by atoms with Crippen LogP contribution in [0, 0.1) is 5.82 Å². The van der Waals surface area contributed by atoms with Gasteiger partial charge >= 0.3 is 0 Å². The lowest BCUT2D eigenvalue weighted by atomic mass is 9.98. The highest BCUT2D eigenvalue weighted by molar-refractivity contribution is 9.10. The monoisotopic (exact) mass is 400 g/mol. The lowest BCUT2D eigenvalue weighted by molar-refractivity contribution is 0.0598. The van der Waals surface area contributed by atoms with E-state index in [0.29, 0.717) is 19.5 Å². The largest absolute Gasteiger partial charge is 0.314 e. The SMILES string of the molecule is NC(CS1(=O)=NCCCCN1)(c1nc(Br)ccc1F)C(F)F. The molecule has 0 aromatic carbocycles. The second-order valence-corrected chi connectivity index (χ2v) is 7.97. The molecule has 5 nitrogen and oxygen atoms in total. The molecule has 22 heavy (non-hydrogen) atoms. The third-order valence-corrected chi connectivity index (χ3v) is 5.85. The Kier molecular flexibility index (Phi) is 5.46. The van der Waals surface area contributed by atoms with Crippen LogP contribution in [0.4, 0.5) is 13.2 Å². The van der Waals surface area contributed by atoms with Crippen molar-refractivity contribution in [1.29, 1.82) is 0 Å². The third-order valence-electron chi connectivity index (χ3n) is 3.29. The van der Waals surface area contributed by atoms with E-state index < -0.39 is 39.1 Å². The summed E-state index contributed by atoms with van der Waals surface area (Å²) in [6.45, 7) is 0.676. The maximum absolute atomic E-state index is 13.9. The van der Waals surface area contributed by atoms with Gasteiger partial charge < -0.3 is 5.73 Å². The fourth-order valence-electron chi connectivity index (χ4n) is 2.13. The van der Waals surface area contributed by atoms with Crippen molar-refractivity contribution in [3.8, 4) is 0 Å². The molecule has 2 rings (SSSR count). The first-order valence-electron chi connectivity index (χ1n) is 6.62. The van der Waals surface area contributed by atoms with Crippen molar-refractivity contribution in [3.63, 3.8) is 0 Å². The third kappa shape index (κ3) is 3.79. The highest BCUT2D eigenvalue weighted by Gasteiger charge is 2.44. The van der Waals surface area contributed by atoms with Crippen LogP contribution < -0.4 is 10.5 Å². The van der Waals surface area contributed by atoms with Crippen LogP contribution >= 0.6 is 15.9 Å². The molecule has 2 unspecified atom stereocenters. The number of nitrogens with two attached hydrogens (primary N) is 1. The van der Waals surface area contributed by atoms with Crippen molar-refractivity contribution in [2.24, 2.45) is 10.1 Å². The van der Waals surface area contributed by atoms with Crippen LogP contribution in [0.25, 0.3) is 0 Å². The zero-order chi connectivity index (χ0) is 16.4. The van der Waals surface area contributed by atoms with Crippen molar-refractivity contribution in [2.45, 2.75) is 24.8 Å². The molecule has 0 radical (unpaired) electrons. The van der Waals surface area contributed by atoms with Crippen molar-refractivity contribution in [3.05, 3.63) is 28.2 Å². The Morgan fingerprint density at radius 2 is 2.18 bits per heavy atom. The summed E-state index contributed by atoms with van der Waals surface area (Å²) in [6.07, 6.45) is -1.71. The number of rotatable bonds is 4. The molecule has 0 bridgehead atoms. The second kappa shape index (κ2) is 6.81. The smallest absolute Gasteiger partial charge is 0.263 e. The number of nitrogens with zero attached hydrogens (tertiary/aromatic N) is 2. The van der Waals surface area contributed by atoms with Crippen molar-refractivity contribution < 1.29 is 17.4 Å². The van der Waals surface area contributed by atoms with Crippen LogP contribution in [0.5, 0.6) is 0 Å². The van der Waals surface area contributed by atoms with Gasteiger partial charge in [0.05, 0.1) is 5.75 Å². The van der Waals surface area contributed by atoms with Gasteiger partial charge in [-0.3, -0.25) is 0 Å². The molecule has 124 valence electrons. The molecular weight excluding hydrogens is 385 g/mol. The summed E-state index contributed by atoms with van der Waals surface area (Å²) in [7, 11) is -3.16. The molecule has 1 aliphatic heterocycles. The summed E-state index contributed by atoms with van der Waals surface area (Å²) >= 11 is 3.00. The van der Waals surface area contributed by atoms with Crippen LogP contribution in [0.15, 0.2) is 21.1 Å². The molecule has 0 aliphatic carbocycles. The van der Waals surface area contributed by atoms with E-state index in [1.165, 1.54) is 6.07 Å². The number of hydrogen-bond acceptors (Lipinski definition) is 4. The first-order valence-corrected chi connectivity index (χ1v) is 9.09. The number of aromatic nitrogens is 1. The van der Waals surface area contributed by atoms with Gasteiger partial charge in [-0.25, -0.2) is 31.4 Å². The summed E-state index contributed by atoms with van der Waals surface area (Å²) in [5.41, 5.74) is 2.63. The molecule has 10 heteroatoms. The Balaban J connectivity index is 2.47. The minimum Gasteiger partial charge on any atom is -0.314 e. The standard InChI is InChI=1S/C12H16BrF3N4OS/c13-9-4-3-8(14)10(20-9)12(17,11(15)16)7-22(21)18-5-1-2-6-19-22/h3-4,11H,1-2,5-7,17H2,(H,18,19,21). The predicted octanol–water partition coefficient (Wildman–Crippen LogP) is 2.17. The Labute approximate surface area is 135 Å². The Morgan fingerprint density at radius 3 is 2.86 bits per heavy atom. The van der Waals surface area contributed by atoms with Gasteiger partial charge in [0.1, 0.15) is 31.6 Å². The van der Waals surface area contributed by atoms with Gasteiger partial charge in [0.15, 0.2) is 0 Å². The van der Waals surface area contributed by atoms with Crippen LogP contribution in [0.2, 0.25) is 0 Å². The van der Waals surface area contributed by atoms with Gasteiger partial charge in [-0.15, -0.1) is 0 Å². The minimum absolute atomic E-state index is 0.167. The molecule has 1 aromatic heterocycles. The summed E-state index contributed by atoms with van der Waals surface area (Å²) < 4.78 is 60.5. The van der Waals surface area contributed by atoms with Gasteiger partial charge in [0.2, 0.25) is 0 Å². The van der Waals surface area contributed by atoms with E-state index in [-0.39, 0.29) is 4.60 Å². The van der Waals surface area contributed by atoms with Gasteiger partial charge in [0, 0.05) is 13.1 Å². The molecule has 1 aromatic rings. The maximum Gasteiger partial charge on any atom is 0.263 e. The van der Waals surface area contributed by atoms with Crippen LogP contribution in [-0.2, 0) is 15.5 Å². The molecule has 0 amide bonds. The zero-order valence-electron chi connectivity index (χ0n) is 11.6. The van der Waals surface area contributed by atoms with E-state index in [0.717, 1.165) is 12.5 Å². The maximum atomic E-state index is 13.9. The molecule has 0 fully saturated rings. The Bertz CT molecular complexity index is 666. The first-order chi connectivity index (χ1) is 10.3. The average molecular weight is 401 g/mol. The molecule has 0 saturated heterocycles. The van der Waals surface area contributed by atoms with E-state index in [1.807, 2.05) is 0 Å². The summed E-state index contributed by atoms with van der Waals surface area (Å²) in [4.78, 5) is 3.73. The summed E-state index contributed by atoms with van der Waals surface area (Å²) in [6, 6.07) is 2.26. The number of halogens is 4. The molecule has 1 aliphatic rings. The fraction of sp³-hybridized carbons (Fsp3) is 0.583. The van der Waals surface area contributed by atoms with Crippen molar-refractivity contribution in [1.82, 2.24) is 9.71 Å². The van der Waals surface area contributed by atoms with E-state index in [2.05, 4.69) is 30.0 Å². The number of hydrogen-bond donors (Lipinski definition) is 2. The van der Waals surface area contributed by atoms with Crippen molar-refractivity contribution in [2.75, 3.05) is 18.8 Å². The van der Waals surface area contributed by atoms with Gasteiger partial charge in [-0.05, 0) is 40.9 Å². The molecule has 2 heterocycles. The molecule has 0 spiro atoms. The average Bonchev–Trinajstić information content (AvgIpc) is 2.65. The van der Waals surface area contributed by atoms with E-state index in [4.69, 9.17) is 5.73 Å². The Morgan fingerprint density at radius 1 is 1.45 bits per heavy atom. The number of alkyl halides is 2. The summed E-state index contributed by atoms with van der Waals surface area (Å²) in [5.74, 6) is -1.68. The lowest BCUT2D eigenvalue weighted by Crippen LogP contribution is -2.52. The Hall–Kier alpha value is -0.710. The number of nitrogens with one attached hydrogen (secondary N) is 1. The summed E-state index contributed by atoms with van der Waals surface area (Å²) in [5, 5.41) is 0. The van der Waals surface area contributed by atoms with Crippen LogP contribution in [0.1, 0.15) is 18.5 Å². The quantitative estimate of drug-likeness (QED) is 0.759. The lowest BCUT2D eigenvalue weighted by Gasteiger charge is -2.29. The van der Waals surface area contributed by atoms with Gasteiger partial charge in [-0.2, -0.15) is 0 Å². The van der Waals surface area contributed by atoms with E-state index in [1.54, 1.807) is 0 Å². The fourth-order valence-corrected chi connectivity index (χ4v) is 4.52. The van der Waals surface area contributed by atoms with Gasteiger partial charge in [0.25, 0.3) is 6.43 Å². The highest BCUT2D eigenvalue weighted by atomic mass is 79.9. The topological polar surface area (TPSA) is 80.4 Å². The minimum atomic E-state index is -3.16. The van der Waals surface area contributed by atoms with Crippen LogP contribution in [-0.4, -0.2) is 34.5 Å². The highest BCUT2D eigenvalue weighted by Crippen LogP contribution is 2.30. The molecule has 3 N–H and O–H groups in total. The van der Waals surface area contributed by atoms with Crippen LogP contribution in [0.3, 0.4) is 0 Å². The van der Waals surface area contributed by atoms with E-state index in [9.17, 15) is 17.4 Å². The molecule has 2 atom stereocenters. The normalized spacial score (nSPS) is 25.4. The predicted molar refractivity (Wildman–Crippen MR) is 81.3 cm³/mol. The number of pyridine rings is 1. The zero-order valence-corrected chi connectivity index (χ0v) is 14.0. The second-order valence-electron chi connectivity index (χ2n) is 5.04. The molecular formula is C12H16BrF3N4OS. The van der Waals surface area contributed by atoms with E-state index >= 15 is 0 Å². The first kappa shape index (κ1) is 17.6. The van der Waals surface area contributed by atoms with Crippen molar-refractivity contribution >= 4 is 25.8 Å².